The van der Waals surface area contributed by atoms with Crippen LogP contribution >= 0.6 is 0 Å². The Morgan fingerprint density at radius 2 is 1.34 bits per heavy atom. The molecule has 0 heterocycles. The number of hydrogen-bond acceptors (Lipinski definition) is 5. The van der Waals surface area contributed by atoms with Gasteiger partial charge in [0.05, 0.1) is 0 Å². The molecule has 14 heteroatoms. The van der Waals surface area contributed by atoms with Crippen LogP contribution in [-0.2, 0) is 24.8 Å². The topological polar surface area (TPSA) is 109 Å². The van der Waals surface area contributed by atoms with Gasteiger partial charge in [0.25, 0.3) is 0 Å². The summed E-state index contributed by atoms with van der Waals surface area (Å²) in [5, 5.41) is -3.36. The summed E-state index contributed by atoms with van der Waals surface area (Å²) in [5.41, 5.74) is -7.71. The van der Waals surface area contributed by atoms with Crippen LogP contribution in [0.15, 0.2) is 0 Å². The third kappa shape index (κ3) is 3.75. The maximum Gasteiger partial charge on any atom is 0.512 e. The van der Waals surface area contributed by atoms with E-state index in [0.717, 1.165) is 19.3 Å². The molecule has 4 saturated carbocycles. The first-order valence-electron chi connectivity index (χ1n) is 8.79. The van der Waals surface area contributed by atoms with Crippen LogP contribution < -0.4 is 9.44 Å². The van der Waals surface area contributed by atoms with Crippen LogP contribution in [0.25, 0.3) is 0 Å². The summed E-state index contributed by atoms with van der Waals surface area (Å²) in [7, 11) is -13.2. The molecular formula is C15H21F5N2O5S2. The highest BCUT2D eigenvalue weighted by Crippen LogP contribution is 2.66. The number of carbonyl (C=O) groups excluding carboxylic acids is 1. The zero-order valence-electron chi connectivity index (χ0n) is 15.6. The summed E-state index contributed by atoms with van der Waals surface area (Å²) in [5.74, 6) is -2.19. The first kappa shape index (κ1) is 22.7. The van der Waals surface area contributed by atoms with E-state index in [1.807, 2.05) is 13.8 Å². The Labute approximate surface area is 164 Å². The van der Waals surface area contributed by atoms with Gasteiger partial charge in [-0.1, -0.05) is 18.0 Å². The van der Waals surface area contributed by atoms with Crippen LogP contribution in [0.3, 0.4) is 0 Å². The lowest BCUT2D eigenvalue weighted by atomic mass is 9.43. The molecule has 7 nitrogen and oxygen atoms in total. The average Bonchev–Trinajstić information content (AvgIpc) is 2.39. The minimum Gasteiger partial charge on any atom is -0.344 e. The van der Waals surface area contributed by atoms with Gasteiger partial charge in [-0.05, 0) is 55.3 Å². The number of hydrogen-bond donors (Lipinski definition) is 2. The smallest absolute Gasteiger partial charge is 0.344 e. The Hall–Kier alpha value is -1.02. The van der Waals surface area contributed by atoms with Gasteiger partial charge in [-0.15, -0.1) is 0 Å². The van der Waals surface area contributed by atoms with E-state index in [0.29, 0.717) is 19.3 Å². The molecule has 0 radical (unpaired) electrons. The molecule has 4 aliphatic rings. The van der Waals surface area contributed by atoms with Crippen molar-refractivity contribution in [1.82, 2.24) is 9.44 Å². The van der Waals surface area contributed by atoms with E-state index in [2.05, 4.69) is 5.32 Å². The van der Waals surface area contributed by atoms with Crippen molar-refractivity contribution in [3.05, 3.63) is 0 Å². The molecule has 1 amide bonds. The fraction of sp³-hybridized carbons (Fsp3) is 0.933. The second kappa shape index (κ2) is 6.02. The standard InChI is InChI=1S/C15H21F5N2O5S2/c1-11-3-9-4-12(2,6-11)8-13(5-9,7-11)21-10(23)14(16,17)28(24,25)22-29(26,27)15(18,19)20/h9,22H,3-8H2,1-2H3,(H,21,23). The van der Waals surface area contributed by atoms with Crippen LogP contribution in [0.2, 0.25) is 0 Å². The van der Waals surface area contributed by atoms with Crippen molar-refractivity contribution in [1.29, 1.82) is 0 Å². The quantitative estimate of drug-likeness (QED) is 0.602. The second-order valence-electron chi connectivity index (χ2n) is 9.42. The molecule has 29 heavy (non-hydrogen) atoms. The summed E-state index contributed by atoms with van der Waals surface area (Å²) < 4.78 is 111. The first-order chi connectivity index (χ1) is 12.7. The van der Waals surface area contributed by atoms with Gasteiger partial charge in [-0.25, -0.2) is 16.8 Å². The lowest BCUT2D eigenvalue weighted by Crippen LogP contribution is -2.67. The number of halogens is 5. The maximum absolute atomic E-state index is 14.3. The van der Waals surface area contributed by atoms with Crippen molar-refractivity contribution in [3.8, 4) is 0 Å². The molecule has 2 N–H and O–H groups in total. The van der Waals surface area contributed by atoms with Crippen LogP contribution in [-0.4, -0.2) is 39.0 Å². The van der Waals surface area contributed by atoms with Gasteiger partial charge in [0.2, 0.25) is 0 Å². The van der Waals surface area contributed by atoms with Gasteiger partial charge in [0.15, 0.2) is 0 Å². The van der Waals surface area contributed by atoms with Crippen molar-refractivity contribution in [2.24, 2.45) is 16.7 Å². The predicted molar refractivity (Wildman–Crippen MR) is 90.3 cm³/mol. The molecule has 0 aromatic carbocycles. The summed E-state index contributed by atoms with van der Waals surface area (Å²) in [6, 6.07) is 0. The van der Waals surface area contributed by atoms with E-state index in [1.54, 1.807) is 0 Å². The van der Waals surface area contributed by atoms with Crippen molar-refractivity contribution in [2.75, 3.05) is 0 Å². The van der Waals surface area contributed by atoms with Crippen molar-refractivity contribution in [3.63, 3.8) is 0 Å². The van der Waals surface area contributed by atoms with E-state index in [1.165, 1.54) is 0 Å². The Bertz CT molecular complexity index is 929. The highest BCUT2D eigenvalue weighted by molar-refractivity contribution is 8.05. The number of alkyl halides is 5. The Kier molecular flexibility index (Phi) is 4.71. The fourth-order valence-corrected chi connectivity index (χ4v) is 8.51. The normalized spacial score (nSPS) is 37.6. The van der Waals surface area contributed by atoms with Gasteiger partial charge < -0.3 is 5.32 Å². The lowest BCUT2D eigenvalue weighted by molar-refractivity contribution is -0.151. The van der Waals surface area contributed by atoms with Gasteiger partial charge >= 0.3 is 36.7 Å². The van der Waals surface area contributed by atoms with E-state index in [-0.39, 0.29) is 20.9 Å². The van der Waals surface area contributed by atoms with Crippen molar-refractivity contribution in [2.45, 2.75) is 68.7 Å². The SMILES string of the molecule is CC12CC3CC(C)(C1)CC(NC(=O)C(F)(F)S(=O)(=O)NS(=O)(=O)C(F)(F)F)(C3)C2. The van der Waals surface area contributed by atoms with Crippen LogP contribution in [0.5, 0.6) is 0 Å². The minimum atomic E-state index is -6.64. The Morgan fingerprint density at radius 3 is 1.76 bits per heavy atom. The molecule has 0 saturated heterocycles. The largest absolute Gasteiger partial charge is 0.512 e. The molecular weight excluding hydrogens is 447 g/mol. The number of rotatable bonds is 5. The molecule has 4 fully saturated rings. The van der Waals surface area contributed by atoms with E-state index in [4.69, 9.17) is 0 Å². The van der Waals surface area contributed by atoms with Crippen molar-refractivity contribution >= 4 is 26.0 Å². The first-order valence-corrected chi connectivity index (χ1v) is 11.8. The van der Waals surface area contributed by atoms with Crippen molar-refractivity contribution < 1.29 is 43.6 Å². The summed E-state index contributed by atoms with van der Waals surface area (Å²) in [4.78, 5) is 12.2. The lowest BCUT2D eigenvalue weighted by Gasteiger charge is -2.65. The molecule has 0 aromatic rings. The zero-order valence-corrected chi connectivity index (χ0v) is 17.2. The summed E-state index contributed by atoms with van der Waals surface area (Å²) in [6.45, 7) is 3.92. The monoisotopic (exact) mass is 468 g/mol. The Balaban J connectivity index is 1.85. The highest BCUT2D eigenvalue weighted by Gasteiger charge is 2.64. The fourth-order valence-electron chi connectivity index (χ4n) is 6.27. The third-order valence-corrected chi connectivity index (χ3v) is 9.36. The maximum atomic E-state index is 14.3. The molecule has 4 rings (SSSR count). The second-order valence-corrected chi connectivity index (χ2v) is 13.1. The Morgan fingerprint density at radius 1 is 0.862 bits per heavy atom. The third-order valence-electron chi connectivity index (χ3n) is 6.13. The molecule has 2 atom stereocenters. The number of sulfonamides is 2. The van der Waals surface area contributed by atoms with Gasteiger partial charge in [-0.2, -0.15) is 22.0 Å². The molecule has 4 aliphatic carbocycles. The van der Waals surface area contributed by atoms with E-state index in [9.17, 15) is 43.6 Å². The predicted octanol–water partition coefficient (Wildman–Crippen LogP) is 2.21. The van der Waals surface area contributed by atoms with E-state index >= 15 is 0 Å². The molecule has 0 aliphatic heterocycles. The highest BCUT2D eigenvalue weighted by atomic mass is 32.3. The van der Waals surface area contributed by atoms with Gasteiger partial charge in [0.1, 0.15) is 0 Å². The number of nitrogens with one attached hydrogen (secondary N) is 2. The summed E-state index contributed by atoms with van der Waals surface area (Å²) in [6.07, 6.45) is 3.55. The molecule has 4 bridgehead atoms. The van der Waals surface area contributed by atoms with Crippen LogP contribution in [0.4, 0.5) is 22.0 Å². The molecule has 0 spiro atoms. The molecule has 2 unspecified atom stereocenters. The molecule has 168 valence electrons. The summed E-state index contributed by atoms with van der Waals surface area (Å²) >= 11 is 0. The van der Waals surface area contributed by atoms with E-state index < -0.39 is 42.3 Å². The zero-order chi connectivity index (χ0) is 22.3. The van der Waals surface area contributed by atoms with Gasteiger partial charge in [0, 0.05) is 5.54 Å². The number of amides is 1. The minimum absolute atomic E-state index is 0.0746. The van der Waals surface area contributed by atoms with Crippen LogP contribution in [0, 0.1) is 16.7 Å². The van der Waals surface area contributed by atoms with Crippen LogP contribution in [0.1, 0.15) is 52.4 Å². The average molecular weight is 468 g/mol. The number of carbonyl (C=O) groups is 1. The van der Waals surface area contributed by atoms with Gasteiger partial charge in [-0.3, -0.25) is 4.79 Å². The molecule has 0 aromatic heterocycles.